The highest BCUT2D eigenvalue weighted by Crippen LogP contribution is 2.34. The maximum absolute atomic E-state index is 5.79. The van der Waals surface area contributed by atoms with Crippen molar-refractivity contribution in [3.8, 4) is 11.5 Å². The summed E-state index contributed by atoms with van der Waals surface area (Å²) in [5.74, 6) is 2.82. The summed E-state index contributed by atoms with van der Waals surface area (Å²) < 4.78 is 11.5. The molecule has 0 amide bonds. The Morgan fingerprint density at radius 3 is 2.45 bits per heavy atom. The van der Waals surface area contributed by atoms with Gasteiger partial charge in [0.2, 0.25) is 0 Å². The molecule has 3 nitrogen and oxygen atoms in total. The number of hydrogen-bond acceptors (Lipinski definition) is 3. The first-order valence-corrected chi connectivity index (χ1v) is 7.76. The van der Waals surface area contributed by atoms with Crippen LogP contribution in [-0.4, -0.2) is 25.8 Å². The molecule has 0 saturated carbocycles. The molecule has 2 rings (SSSR count). The molecule has 2 unspecified atom stereocenters. The lowest BCUT2D eigenvalue weighted by Crippen LogP contribution is -2.38. The summed E-state index contributed by atoms with van der Waals surface area (Å²) in [6.07, 6.45) is 0.950. The van der Waals surface area contributed by atoms with E-state index in [9.17, 15) is 0 Å². The SMILES string of the molecule is CCNC(C(C)C)C(C)c1ccc2c(c1)OCCCO2. The topological polar surface area (TPSA) is 30.5 Å². The molecule has 0 spiro atoms. The summed E-state index contributed by atoms with van der Waals surface area (Å²) in [6, 6.07) is 6.85. The van der Waals surface area contributed by atoms with Crippen LogP contribution in [0.4, 0.5) is 0 Å². The van der Waals surface area contributed by atoms with Gasteiger partial charge in [0.1, 0.15) is 0 Å². The molecule has 112 valence electrons. The number of benzene rings is 1. The highest BCUT2D eigenvalue weighted by molar-refractivity contribution is 5.44. The first-order chi connectivity index (χ1) is 9.63. The van der Waals surface area contributed by atoms with Crippen molar-refractivity contribution >= 4 is 0 Å². The van der Waals surface area contributed by atoms with Gasteiger partial charge in [0.15, 0.2) is 11.5 Å². The predicted octanol–water partition coefficient (Wildman–Crippen LogP) is 3.59. The first-order valence-electron chi connectivity index (χ1n) is 7.76. The summed E-state index contributed by atoms with van der Waals surface area (Å²) in [5.41, 5.74) is 1.31. The molecule has 0 aliphatic carbocycles. The van der Waals surface area contributed by atoms with Gasteiger partial charge in [-0.1, -0.05) is 33.8 Å². The van der Waals surface area contributed by atoms with Crippen molar-refractivity contribution in [1.82, 2.24) is 5.32 Å². The van der Waals surface area contributed by atoms with Crippen LogP contribution in [0.1, 0.15) is 45.6 Å². The van der Waals surface area contributed by atoms with Crippen LogP contribution in [-0.2, 0) is 0 Å². The molecule has 1 aromatic rings. The molecule has 1 aliphatic rings. The van der Waals surface area contributed by atoms with Gasteiger partial charge in [-0.05, 0) is 36.1 Å². The van der Waals surface area contributed by atoms with Gasteiger partial charge in [0, 0.05) is 12.5 Å². The maximum atomic E-state index is 5.79. The van der Waals surface area contributed by atoms with Crippen molar-refractivity contribution in [2.75, 3.05) is 19.8 Å². The number of nitrogens with one attached hydrogen (secondary N) is 1. The standard InChI is InChI=1S/C17H27NO2/c1-5-18-17(12(2)3)13(4)14-7-8-15-16(11-14)20-10-6-9-19-15/h7-8,11-13,17-18H,5-6,9-10H2,1-4H3. The van der Waals surface area contributed by atoms with Gasteiger partial charge < -0.3 is 14.8 Å². The molecule has 0 aromatic heterocycles. The van der Waals surface area contributed by atoms with E-state index in [-0.39, 0.29) is 0 Å². The van der Waals surface area contributed by atoms with Gasteiger partial charge in [-0.25, -0.2) is 0 Å². The Kier molecular flexibility index (Phi) is 5.30. The average Bonchev–Trinajstić information content (AvgIpc) is 2.68. The lowest BCUT2D eigenvalue weighted by atomic mass is 9.86. The van der Waals surface area contributed by atoms with Gasteiger partial charge in [0.05, 0.1) is 13.2 Å². The summed E-state index contributed by atoms with van der Waals surface area (Å²) >= 11 is 0. The van der Waals surface area contributed by atoms with Crippen molar-refractivity contribution in [3.63, 3.8) is 0 Å². The minimum Gasteiger partial charge on any atom is -0.490 e. The number of hydrogen-bond donors (Lipinski definition) is 1. The van der Waals surface area contributed by atoms with E-state index in [4.69, 9.17) is 9.47 Å². The second kappa shape index (κ2) is 6.98. The molecule has 0 fully saturated rings. The maximum Gasteiger partial charge on any atom is 0.161 e. The Balaban J connectivity index is 2.21. The fraction of sp³-hybridized carbons (Fsp3) is 0.647. The Hall–Kier alpha value is -1.22. The molecule has 1 aromatic carbocycles. The number of ether oxygens (including phenoxy) is 2. The van der Waals surface area contributed by atoms with Crippen LogP contribution in [0.3, 0.4) is 0 Å². The Labute approximate surface area is 122 Å². The summed E-state index contributed by atoms with van der Waals surface area (Å²) in [6.45, 7) is 11.5. The van der Waals surface area contributed by atoms with E-state index in [1.807, 2.05) is 0 Å². The van der Waals surface area contributed by atoms with E-state index in [2.05, 4.69) is 51.2 Å². The van der Waals surface area contributed by atoms with Crippen LogP contribution in [0.25, 0.3) is 0 Å². The monoisotopic (exact) mass is 277 g/mol. The van der Waals surface area contributed by atoms with E-state index in [1.54, 1.807) is 0 Å². The van der Waals surface area contributed by atoms with Crippen LogP contribution in [0.5, 0.6) is 11.5 Å². The predicted molar refractivity (Wildman–Crippen MR) is 82.8 cm³/mol. The molecule has 1 aliphatic heterocycles. The largest absolute Gasteiger partial charge is 0.490 e. The molecule has 1 N–H and O–H groups in total. The second-order valence-electron chi connectivity index (χ2n) is 5.87. The van der Waals surface area contributed by atoms with Crippen LogP contribution in [0.2, 0.25) is 0 Å². The zero-order valence-corrected chi connectivity index (χ0v) is 13.1. The number of fused-ring (bicyclic) bond motifs is 1. The van der Waals surface area contributed by atoms with Crippen LogP contribution >= 0.6 is 0 Å². The third-order valence-electron chi connectivity index (χ3n) is 3.99. The van der Waals surface area contributed by atoms with Gasteiger partial charge in [0.25, 0.3) is 0 Å². The summed E-state index contributed by atoms with van der Waals surface area (Å²) in [7, 11) is 0. The molecule has 20 heavy (non-hydrogen) atoms. The van der Waals surface area contributed by atoms with Crippen molar-refractivity contribution in [3.05, 3.63) is 23.8 Å². The number of likely N-dealkylation sites (N-methyl/N-ethyl adjacent to an activating group) is 1. The molecule has 0 saturated heterocycles. The van der Waals surface area contributed by atoms with E-state index in [0.717, 1.165) is 37.7 Å². The fourth-order valence-electron chi connectivity index (χ4n) is 2.90. The minimum absolute atomic E-state index is 0.451. The van der Waals surface area contributed by atoms with Crippen LogP contribution in [0, 0.1) is 5.92 Å². The van der Waals surface area contributed by atoms with Crippen molar-refractivity contribution in [2.45, 2.75) is 46.1 Å². The van der Waals surface area contributed by atoms with Crippen molar-refractivity contribution in [2.24, 2.45) is 5.92 Å². The third kappa shape index (κ3) is 3.45. The minimum atomic E-state index is 0.451. The van der Waals surface area contributed by atoms with E-state index in [1.165, 1.54) is 5.56 Å². The second-order valence-corrected chi connectivity index (χ2v) is 5.87. The Bertz CT molecular complexity index is 431. The molecule has 0 radical (unpaired) electrons. The molecule has 0 bridgehead atoms. The zero-order valence-electron chi connectivity index (χ0n) is 13.1. The summed E-state index contributed by atoms with van der Waals surface area (Å²) in [5, 5.41) is 3.60. The van der Waals surface area contributed by atoms with Crippen molar-refractivity contribution < 1.29 is 9.47 Å². The quantitative estimate of drug-likeness (QED) is 0.892. The lowest BCUT2D eigenvalue weighted by molar-refractivity contribution is 0.296. The lowest BCUT2D eigenvalue weighted by Gasteiger charge is -2.29. The molecular formula is C17H27NO2. The zero-order chi connectivity index (χ0) is 14.5. The van der Waals surface area contributed by atoms with Crippen LogP contribution < -0.4 is 14.8 Å². The van der Waals surface area contributed by atoms with Gasteiger partial charge >= 0.3 is 0 Å². The first kappa shape index (κ1) is 15.2. The Morgan fingerprint density at radius 2 is 1.80 bits per heavy atom. The van der Waals surface area contributed by atoms with Gasteiger partial charge in [-0.3, -0.25) is 0 Å². The molecule has 2 atom stereocenters. The third-order valence-corrected chi connectivity index (χ3v) is 3.99. The Morgan fingerprint density at radius 1 is 1.10 bits per heavy atom. The average molecular weight is 277 g/mol. The molecular weight excluding hydrogens is 250 g/mol. The van der Waals surface area contributed by atoms with Crippen LogP contribution in [0.15, 0.2) is 18.2 Å². The van der Waals surface area contributed by atoms with Gasteiger partial charge in [-0.15, -0.1) is 0 Å². The molecule has 1 heterocycles. The fourth-order valence-corrected chi connectivity index (χ4v) is 2.90. The smallest absolute Gasteiger partial charge is 0.161 e. The van der Waals surface area contributed by atoms with Crippen molar-refractivity contribution in [1.29, 1.82) is 0 Å². The number of rotatable bonds is 5. The van der Waals surface area contributed by atoms with Gasteiger partial charge in [-0.2, -0.15) is 0 Å². The molecule has 3 heteroatoms. The summed E-state index contributed by atoms with van der Waals surface area (Å²) in [4.78, 5) is 0. The van der Waals surface area contributed by atoms with E-state index in [0.29, 0.717) is 17.9 Å². The highest BCUT2D eigenvalue weighted by atomic mass is 16.5. The van der Waals surface area contributed by atoms with E-state index < -0.39 is 0 Å². The highest BCUT2D eigenvalue weighted by Gasteiger charge is 2.22. The normalized spacial score (nSPS) is 17.6. The van der Waals surface area contributed by atoms with E-state index >= 15 is 0 Å².